The highest BCUT2D eigenvalue weighted by molar-refractivity contribution is 5.94. The van der Waals surface area contributed by atoms with Crippen molar-refractivity contribution >= 4 is 5.91 Å². The maximum atomic E-state index is 13.4. The van der Waals surface area contributed by atoms with E-state index in [1.165, 1.54) is 12.1 Å². The number of ether oxygens (including phenoxy) is 1. The van der Waals surface area contributed by atoms with E-state index in [4.69, 9.17) is 4.74 Å². The summed E-state index contributed by atoms with van der Waals surface area (Å²) in [5.41, 5.74) is -0.293. The molecule has 3 nitrogen and oxygen atoms in total. The lowest BCUT2D eigenvalue weighted by atomic mass is 10.2. The quantitative estimate of drug-likeness (QED) is 0.830. The molecule has 0 aliphatic carbocycles. The number of halogens is 2. The van der Waals surface area contributed by atoms with Crippen LogP contribution in [0.15, 0.2) is 48.5 Å². The minimum atomic E-state index is -1.13. The SMILES string of the molecule is O=C(NCCCOc1ccccc1)c1cccc(F)c1F. The van der Waals surface area contributed by atoms with Crippen molar-refractivity contribution in [3.8, 4) is 5.75 Å². The Morgan fingerprint density at radius 2 is 1.81 bits per heavy atom. The average Bonchev–Trinajstić information content (AvgIpc) is 2.50. The number of hydrogen-bond donors (Lipinski definition) is 1. The Kier molecular flexibility index (Phi) is 5.26. The molecule has 0 heterocycles. The summed E-state index contributed by atoms with van der Waals surface area (Å²) in [7, 11) is 0. The number of hydrogen-bond acceptors (Lipinski definition) is 2. The Bertz CT molecular complexity index is 602. The van der Waals surface area contributed by atoms with E-state index in [2.05, 4.69) is 5.32 Å². The van der Waals surface area contributed by atoms with Gasteiger partial charge in [-0.15, -0.1) is 0 Å². The fourth-order valence-corrected chi connectivity index (χ4v) is 1.76. The Balaban J connectivity index is 1.73. The van der Waals surface area contributed by atoms with Gasteiger partial charge in [0.05, 0.1) is 12.2 Å². The molecule has 0 bridgehead atoms. The van der Waals surface area contributed by atoms with Crippen LogP contribution in [0.3, 0.4) is 0 Å². The molecule has 0 saturated carbocycles. The number of para-hydroxylation sites is 1. The van der Waals surface area contributed by atoms with Gasteiger partial charge in [0.2, 0.25) is 0 Å². The minimum absolute atomic E-state index is 0.293. The smallest absolute Gasteiger partial charge is 0.254 e. The summed E-state index contributed by atoms with van der Waals surface area (Å²) in [4.78, 5) is 11.7. The fraction of sp³-hybridized carbons (Fsp3) is 0.188. The summed E-state index contributed by atoms with van der Waals surface area (Å²) < 4.78 is 31.8. The van der Waals surface area contributed by atoms with Gasteiger partial charge in [-0.3, -0.25) is 4.79 Å². The summed E-state index contributed by atoms with van der Waals surface area (Å²) >= 11 is 0. The molecule has 2 rings (SSSR count). The Hall–Kier alpha value is -2.43. The fourth-order valence-electron chi connectivity index (χ4n) is 1.76. The third kappa shape index (κ3) is 4.27. The van der Waals surface area contributed by atoms with Gasteiger partial charge in [-0.25, -0.2) is 8.78 Å². The van der Waals surface area contributed by atoms with Crippen LogP contribution in [-0.4, -0.2) is 19.1 Å². The lowest BCUT2D eigenvalue weighted by Gasteiger charge is -2.08. The van der Waals surface area contributed by atoms with Crippen LogP contribution in [0.1, 0.15) is 16.8 Å². The summed E-state index contributed by atoms with van der Waals surface area (Å²) in [5, 5.41) is 2.53. The maximum absolute atomic E-state index is 13.4. The van der Waals surface area contributed by atoms with Crippen molar-refractivity contribution in [2.75, 3.05) is 13.2 Å². The van der Waals surface area contributed by atoms with Crippen LogP contribution in [0.25, 0.3) is 0 Å². The molecule has 110 valence electrons. The molecule has 0 unspecified atom stereocenters. The molecule has 5 heteroatoms. The molecule has 21 heavy (non-hydrogen) atoms. The number of nitrogens with one attached hydrogen (secondary N) is 1. The molecular weight excluding hydrogens is 276 g/mol. The Morgan fingerprint density at radius 3 is 2.57 bits per heavy atom. The van der Waals surface area contributed by atoms with E-state index in [0.717, 1.165) is 11.8 Å². The first-order chi connectivity index (χ1) is 10.2. The van der Waals surface area contributed by atoms with Gasteiger partial charge in [-0.05, 0) is 30.7 Å². The molecule has 1 amide bonds. The van der Waals surface area contributed by atoms with Crippen molar-refractivity contribution in [1.82, 2.24) is 5.32 Å². The first-order valence-corrected chi connectivity index (χ1v) is 6.58. The zero-order valence-corrected chi connectivity index (χ0v) is 11.3. The molecule has 0 aromatic heterocycles. The van der Waals surface area contributed by atoms with Gasteiger partial charge in [-0.2, -0.15) is 0 Å². The van der Waals surface area contributed by atoms with Crippen LogP contribution in [0.4, 0.5) is 8.78 Å². The van der Waals surface area contributed by atoms with Gasteiger partial charge in [0, 0.05) is 6.54 Å². The standard InChI is InChI=1S/C16H15F2NO2/c17-14-9-4-8-13(15(14)18)16(20)19-10-5-11-21-12-6-2-1-3-7-12/h1-4,6-9H,5,10-11H2,(H,19,20). The summed E-state index contributed by atoms with van der Waals surface area (Å²) in [5.74, 6) is -2.04. The van der Waals surface area contributed by atoms with E-state index in [1.807, 2.05) is 30.3 Å². The van der Waals surface area contributed by atoms with Crippen LogP contribution >= 0.6 is 0 Å². The average molecular weight is 291 g/mol. The molecule has 1 N–H and O–H groups in total. The predicted octanol–water partition coefficient (Wildman–Crippen LogP) is 3.16. The molecule has 0 atom stereocenters. The van der Waals surface area contributed by atoms with Crippen molar-refractivity contribution in [3.63, 3.8) is 0 Å². The molecule has 0 saturated heterocycles. The lowest BCUT2D eigenvalue weighted by molar-refractivity contribution is 0.0946. The highest BCUT2D eigenvalue weighted by Gasteiger charge is 2.14. The molecular formula is C16H15F2NO2. The number of benzene rings is 2. The van der Waals surface area contributed by atoms with E-state index in [-0.39, 0.29) is 5.56 Å². The van der Waals surface area contributed by atoms with Crippen LogP contribution in [-0.2, 0) is 0 Å². The van der Waals surface area contributed by atoms with Gasteiger partial charge in [0.15, 0.2) is 11.6 Å². The Morgan fingerprint density at radius 1 is 1.05 bits per heavy atom. The van der Waals surface area contributed by atoms with Gasteiger partial charge in [0.1, 0.15) is 5.75 Å². The van der Waals surface area contributed by atoms with Gasteiger partial charge in [0.25, 0.3) is 5.91 Å². The topological polar surface area (TPSA) is 38.3 Å². The minimum Gasteiger partial charge on any atom is -0.494 e. The van der Waals surface area contributed by atoms with Crippen molar-refractivity contribution in [1.29, 1.82) is 0 Å². The number of carbonyl (C=O) groups is 1. The number of amides is 1. The first kappa shape index (κ1) is 15.0. The molecule has 0 aliphatic heterocycles. The van der Waals surface area contributed by atoms with Gasteiger partial charge < -0.3 is 10.1 Å². The number of rotatable bonds is 6. The van der Waals surface area contributed by atoms with E-state index in [1.54, 1.807) is 0 Å². The summed E-state index contributed by atoms with van der Waals surface area (Å²) in [6.07, 6.45) is 0.567. The molecule has 2 aromatic carbocycles. The first-order valence-electron chi connectivity index (χ1n) is 6.58. The number of carbonyl (C=O) groups excluding carboxylic acids is 1. The van der Waals surface area contributed by atoms with E-state index in [0.29, 0.717) is 19.6 Å². The van der Waals surface area contributed by atoms with Crippen LogP contribution in [0, 0.1) is 11.6 Å². The molecule has 0 radical (unpaired) electrons. The second-order valence-corrected chi connectivity index (χ2v) is 4.37. The summed E-state index contributed by atoms with van der Waals surface area (Å²) in [6, 6.07) is 12.8. The predicted molar refractivity (Wildman–Crippen MR) is 75.2 cm³/mol. The lowest BCUT2D eigenvalue weighted by Crippen LogP contribution is -2.26. The maximum Gasteiger partial charge on any atom is 0.254 e. The van der Waals surface area contributed by atoms with E-state index < -0.39 is 17.5 Å². The second-order valence-electron chi connectivity index (χ2n) is 4.37. The van der Waals surface area contributed by atoms with Crippen LogP contribution in [0.2, 0.25) is 0 Å². The molecule has 2 aromatic rings. The zero-order valence-electron chi connectivity index (χ0n) is 11.3. The van der Waals surface area contributed by atoms with Crippen molar-refractivity contribution < 1.29 is 18.3 Å². The molecule has 0 spiro atoms. The normalized spacial score (nSPS) is 10.2. The van der Waals surface area contributed by atoms with Crippen LogP contribution < -0.4 is 10.1 Å². The summed E-state index contributed by atoms with van der Waals surface area (Å²) in [6.45, 7) is 0.748. The van der Waals surface area contributed by atoms with Crippen molar-refractivity contribution in [2.45, 2.75) is 6.42 Å². The third-order valence-electron chi connectivity index (χ3n) is 2.81. The van der Waals surface area contributed by atoms with Gasteiger partial charge in [-0.1, -0.05) is 24.3 Å². The van der Waals surface area contributed by atoms with E-state index >= 15 is 0 Å². The van der Waals surface area contributed by atoms with Crippen molar-refractivity contribution in [2.24, 2.45) is 0 Å². The van der Waals surface area contributed by atoms with Gasteiger partial charge >= 0.3 is 0 Å². The molecule has 0 fully saturated rings. The zero-order chi connectivity index (χ0) is 15.1. The monoisotopic (exact) mass is 291 g/mol. The van der Waals surface area contributed by atoms with Crippen LogP contribution in [0.5, 0.6) is 5.75 Å². The third-order valence-corrected chi connectivity index (χ3v) is 2.81. The highest BCUT2D eigenvalue weighted by Crippen LogP contribution is 2.11. The van der Waals surface area contributed by atoms with Crippen molar-refractivity contribution in [3.05, 3.63) is 65.7 Å². The second kappa shape index (κ2) is 7.38. The largest absolute Gasteiger partial charge is 0.494 e. The molecule has 0 aliphatic rings. The van der Waals surface area contributed by atoms with E-state index in [9.17, 15) is 13.6 Å². The Labute approximate surface area is 121 Å². The highest BCUT2D eigenvalue weighted by atomic mass is 19.2.